The van der Waals surface area contributed by atoms with E-state index in [9.17, 15) is 0 Å². The first-order chi connectivity index (χ1) is 9.17. The summed E-state index contributed by atoms with van der Waals surface area (Å²) < 4.78 is 6.20. The lowest BCUT2D eigenvalue weighted by Gasteiger charge is -2.50. The van der Waals surface area contributed by atoms with Crippen molar-refractivity contribution < 1.29 is 4.74 Å². The van der Waals surface area contributed by atoms with Gasteiger partial charge in [-0.3, -0.25) is 4.90 Å². The van der Waals surface area contributed by atoms with Crippen LogP contribution in [0.4, 0.5) is 0 Å². The zero-order chi connectivity index (χ0) is 15.4. The summed E-state index contributed by atoms with van der Waals surface area (Å²) in [4.78, 5) is 2.62. The number of ether oxygens (including phenoxy) is 1. The van der Waals surface area contributed by atoms with Gasteiger partial charge in [0, 0.05) is 26.2 Å². The maximum atomic E-state index is 6.20. The molecule has 1 saturated heterocycles. The van der Waals surface area contributed by atoms with Crippen LogP contribution in [-0.4, -0.2) is 48.8 Å². The topological polar surface area (TPSA) is 24.5 Å². The molecule has 1 heterocycles. The van der Waals surface area contributed by atoms with E-state index in [0.29, 0.717) is 5.41 Å². The predicted molar refractivity (Wildman–Crippen MR) is 87.2 cm³/mol. The van der Waals surface area contributed by atoms with Crippen LogP contribution >= 0.6 is 0 Å². The lowest BCUT2D eigenvalue weighted by atomic mass is 9.80. The van der Waals surface area contributed by atoms with Gasteiger partial charge in [0.2, 0.25) is 0 Å². The van der Waals surface area contributed by atoms with Crippen molar-refractivity contribution in [2.75, 3.05) is 32.7 Å². The van der Waals surface area contributed by atoms with E-state index in [2.05, 4.69) is 58.7 Å². The van der Waals surface area contributed by atoms with E-state index in [4.69, 9.17) is 4.74 Å². The molecule has 1 aliphatic rings. The van der Waals surface area contributed by atoms with E-state index in [-0.39, 0.29) is 11.2 Å². The average molecular weight is 284 g/mol. The van der Waals surface area contributed by atoms with Gasteiger partial charge in [0.05, 0.1) is 11.2 Å². The summed E-state index contributed by atoms with van der Waals surface area (Å²) in [6.45, 7) is 21.1. The van der Waals surface area contributed by atoms with E-state index < -0.39 is 0 Å². The van der Waals surface area contributed by atoms with Crippen molar-refractivity contribution in [3.8, 4) is 0 Å². The summed E-state index contributed by atoms with van der Waals surface area (Å²) in [6, 6.07) is 0. The lowest BCUT2D eigenvalue weighted by Crippen LogP contribution is -2.59. The molecule has 0 unspecified atom stereocenters. The van der Waals surface area contributed by atoms with Crippen LogP contribution in [-0.2, 0) is 4.74 Å². The van der Waals surface area contributed by atoms with Crippen LogP contribution in [0, 0.1) is 5.41 Å². The van der Waals surface area contributed by atoms with Crippen LogP contribution in [0.15, 0.2) is 0 Å². The van der Waals surface area contributed by atoms with Crippen LogP contribution in [0.25, 0.3) is 0 Å². The van der Waals surface area contributed by atoms with Crippen molar-refractivity contribution in [3.63, 3.8) is 0 Å². The number of hydrogen-bond acceptors (Lipinski definition) is 3. The van der Waals surface area contributed by atoms with Gasteiger partial charge < -0.3 is 10.1 Å². The van der Waals surface area contributed by atoms with Crippen LogP contribution in [0.2, 0.25) is 0 Å². The van der Waals surface area contributed by atoms with E-state index in [1.165, 1.54) is 19.4 Å². The van der Waals surface area contributed by atoms with Gasteiger partial charge in [-0.15, -0.1) is 0 Å². The first kappa shape index (κ1) is 17.9. The Bertz CT molecular complexity index is 279. The molecule has 0 bridgehead atoms. The minimum Gasteiger partial charge on any atom is -0.367 e. The highest BCUT2D eigenvalue weighted by Gasteiger charge is 2.40. The first-order valence-electron chi connectivity index (χ1n) is 8.31. The number of nitrogens with one attached hydrogen (secondary N) is 1. The molecule has 1 N–H and O–H groups in total. The van der Waals surface area contributed by atoms with E-state index in [0.717, 1.165) is 26.2 Å². The lowest BCUT2D eigenvalue weighted by molar-refractivity contribution is -0.185. The highest BCUT2D eigenvalue weighted by molar-refractivity contribution is 4.92. The van der Waals surface area contributed by atoms with Gasteiger partial charge in [-0.2, -0.15) is 0 Å². The molecule has 1 aliphatic heterocycles. The molecule has 0 atom stereocenters. The summed E-state index contributed by atoms with van der Waals surface area (Å²) in [5.41, 5.74) is 0.291. The molecule has 0 aliphatic carbocycles. The van der Waals surface area contributed by atoms with E-state index in [1.54, 1.807) is 0 Å². The monoisotopic (exact) mass is 284 g/mol. The molecular weight excluding hydrogens is 248 g/mol. The normalized spacial score (nSPS) is 22.9. The maximum Gasteiger partial charge on any atom is 0.0760 e. The van der Waals surface area contributed by atoms with E-state index in [1.807, 2.05) is 0 Å². The third-order valence-corrected chi connectivity index (χ3v) is 4.57. The van der Waals surface area contributed by atoms with Crippen LogP contribution < -0.4 is 5.32 Å². The Labute approximate surface area is 126 Å². The molecule has 0 aromatic carbocycles. The fourth-order valence-electron chi connectivity index (χ4n) is 3.70. The fourth-order valence-corrected chi connectivity index (χ4v) is 3.70. The predicted octanol–water partition coefficient (Wildman–Crippen LogP) is 3.29. The smallest absolute Gasteiger partial charge is 0.0760 e. The zero-order valence-electron chi connectivity index (χ0n) is 14.8. The third kappa shape index (κ3) is 5.01. The summed E-state index contributed by atoms with van der Waals surface area (Å²) in [5, 5.41) is 3.56. The molecule has 0 spiro atoms. The molecule has 1 fully saturated rings. The molecule has 120 valence electrons. The first-order valence-corrected chi connectivity index (χ1v) is 8.31. The Morgan fingerprint density at radius 2 is 1.50 bits per heavy atom. The van der Waals surface area contributed by atoms with Crippen molar-refractivity contribution in [1.82, 2.24) is 10.2 Å². The SMILES string of the molecule is CCNCC(CC)(CC)CN1CC(C)(C)OC(C)(C)C1. The largest absolute Gasteiger partial charge is 0.367 e. The van der Waals surface area contributed by atoms with Gasteiger partial charge in [-0.1, -0.05) is 20.8 Å². The highest BCUT2D eigenvalue weighted by atomic mass is 16.5. The average Bonchev–Trinajstić information content (AvgIpc) is 2.30. The number of hydrogen-bond donors (Lipinski definition) is 1. The van der Waals surface area contributed by atoms with Crippen molar-refractivity contribution >= 4 is 0 Å². The van der Waals surface area contributed by atoms with E-state index >= 15 is 0 Å². The summed E-state index contributed by atoms with van der Waals surface area (Å²) >= 11 is 0. The number of morpholine rings is 1. The molecule has 0 aromatic heterocycles. The van der Waals surface area contributed by atoms with Crippen molar-refractivity contribution in [3.05, 3.63) is 0 Å². The van der Waals surface area contributed by atoms with Crippen LogP contribution in [0.1, 0.15) is 61.3 Å². The maximum absolute atomic E-state index is 6.20. The van der Waals surface area contributed by atoms with Gasteiger partial charge in [0.25, 0.3) is 0 Å². The number of rotatable bonds is 7. The molecule has 0 aromatic rings. The summed E-state index contributed by atoms with van der Waals surface area (Å²) in [6.07, 6.45) is 2.46. The Morgan fingerprint density at radius 1 is 1.00 bits per heavy atom. The third-order valence-electron chi connectivity index (χ3n) is 4.57. The van der Waals surface area contributed by atoms with Gasteiger partial charge in [-0.05, 0) is 52.5 Å². The molecule has 3 heteroatoms. The quantitative estimate of drug-likeness (QED) is 0.776. The molecule has 0 saturated carbocycles. The Balaban J connectivity index is 2.77. The minimum atomic E-state index is -0.0485. The molecular formula is C17H36N2O. The second kappa shape index (κ2) is 6.76. The van der Waals surface area contributed by atoms with Gasteiger partial charge >= 0.3 is 0 Å². The van der Waals surface area contributed by atoms with Crippen LogP contribution in [0.5, 0.6) is 0 Å². The van der Waals surface area contributed by atoms with Gasteiger partial charge in [0.15, 0.2) is 0 Å². The highest BCUT2D eigenvalue weighted by Crippen LogP contribution is 2.33. The summed E-state index contributed by atoms with van der Waals surface area (Å²) in [7, 11) is 0. The minimum absolute atomic E-state index is 0.0485. The molecule has 0 amide bonds. The second-order valence-electron chi connectivity index (χ2n) is 7.75. The Hall–Kier alpha value is -0.120. The summed E-state index contributed by atoms with van der Waals surface area (Å²) in [5.74, 6) is 0. The Morgan fingerprint density at radius 3 is 1.90 bits per heavy atom. The fraction of sp³-hybridized carbons (Fsp3) is 1.00. The van der Waals surface area contributed by atoms with Crippen molar-refractivity contribution in [2.45, 2.75) is 72.5 Å². The second-order valence-corrected chi connectivity index (χ2v) is 7.75. The molecule has 1 rings (SSSR count). The molecule has 3 nitrogen and oxygen atoms in total. The number of nitrogens with zero attached hydrogens (tertiary/aromatic N) is 1. The van der Waals surface area contributed by atoms with Gasteiger partial charge in [-0.25, -0.2) is 0 Å². The van der Waals surface area contributed by atoms with Gasteiger partial charge in [0.1, 0.15) is 0 Å². The zero-order valence-corrected chi connectivity index (χ0v) is 14.8. The molecule has 0 radical (unpaired) electrons. The van der Waals surface area contributed by atoms with Crippen molar-refractivity contribution in [2.24, 2.45) is 5.41 Å². The molecule has 20 heavy (non-hydrogen) atoms. The standard InChI is InChI=1S/C17H36N2O/c1-8-17(9-2,11-18-10-3)14-19-12-15(4,5)20-16(6,7)13-19/h18H,8-14H2,1-7H3. The van der Waals surface area contributed by atoms with Crippen molar-refractivity contribution in [1.29, 1.82) is 0 Å². The Kier molecular flexibility index (Phi) is 6.06. The van der Waals surface area contributed by atoms with Crippen LogP contribution in [0.3, 0.4) is 0 Å².